The van der Waals surface area contributed by atoms with Crippen molar-refractivity contribution < 1.29 is 4.79 Å². The molecule has 0 aliphatic carbocycles. The summed E-state index contributed by atoms with van der Waals surface area (Å²) >= 11 is 0. The smallest absolute Gasteiger partial charge is 0.222 e. The topological polar surface area (TPSA) is 46.3 Å². The SMILES string of the molecule is Cc1ccc(CC2CCCN2C(=O)CCCCCCN)cc1.Cl. The maximum Gasteiger partial charge on any atom is 0.222 e. The van der Waals surface area contributed by atoms with Gasteiger partial charge in [-0.25, -0.2) is 0 Å². The van der Waals surface area contributed by atoms with Crippen molar-refractivity contribution in [3.63, 3.8) is 0 Å². The molecule has 1 amide bonds. The summed E-state index contributed by atoms with van der Waals surface area (Å²) in [4.78, 5) is 14.6. The predicted octanol–water partition coefficient (Wildman–Crippen LogP) is 3.86. The largest absolute Gasteiger partial charge is 0.339 e. The van der Waals surface area contributed by atoms with Gasteiger partial charge in [-0.15, -0.1) is 12.4 Å². The van der Waals surface area contributed by atoms with Gasteiger partial charge in [-0.1, -0.05) is 42.7 Å². The molecule has 1 saturated heterocycles. The molecule has 1 atom stereocenters. The summed E-state index contributed by atoms with van der Waals surface area (Å²) in [5.41, 5.74) is 8.13. The first-order chi connectivity index (χ1) is 10.7. The summed E-state index contributed by atoms with van der Waals surface area (Å²) in [6.45, 7) is 3.82. The van der Waals surface area contributed by atoms with E-state index in [0.29, 0.717) is 18.4 Å². The number of likely N-dealkylation sites (tertiary alicyclic amines) is 1. The maximum atomic E-state index is 12.4. The number of carbonyl (C=O) groups is 1. The number of unbranched alkanes of at least 4 members (excludes halogenated alkanes) is 3. The van der Waals surface area contributed by atoms with Crippen LogP contribution in [-0.4, -0.2) is 29.9 Å². The number of halogens is 1. The summed E-state index contributed by atoms with van der Waals surface area (Å²) in [5, 5.41) is 0. The lowest BCUT2D eigenvalue weighted by atomic mass is 10.0. The van der Waals surface area contributed by atoms with E-state index in [2.05, 4.69) is 36.1 Å². The molecule has 1 heterocycles. The van der Waals surface area contributed by atoms with Crippen LogP contribution in [0.25, 0.3) is 0 Å². The molecular formula is C19H31ClN2O. The van der Waals surface area contributed by atoms with Gasteiger partial charge in [0.25, 0.3) is 0 Å². The molecule has 1 aromatic carbocycles. The first kappa shape index (κ1) is 20.0. The molecule has 2 N–H and O–H groups in total. The number of nitrogens with two attached hydrogens (primary N) is 1. The van der Waals surface area contributed by atoms with Crippen LogP contribution < -0.4 is 5.73 Å². The predicted molar refractivity (Wildman–Crippen MR) is 99.0 cm³/mol. The number of aryl methyl sites for hydroxylation is 1. The second-order valence-electron chi connectivity index (χ2n) is 6.53. The van der Waals surface area contributed by atoms with E-state index in [9.17, 15) is 4.79 Å². The summed E-state index contributed by atoms with van der Waals surface area (Å²) in [6.07, 6.45) is 8.35. The molecule has 4 heteroatoms. The van der Waals surface area contributed by atoms with Gasteiger partial charge in [-0.3, -0.25) is 4.79 Å². The first-order valence-electron chi connectivity index (χ1n) is 8.76. The van der Waals surface area contributed by atoms with Crippen molar-refractivity contribution in [3.05, 3.63) is 35.4 Å². The second-order valence-corrected chi connectivity index (χ2v) is 6.53. The number of amides is 1. The molecule has 2 rings (SSSR count). The fourth-order valence-electron chi connectivity index (χ4n) is 3.29. The van der Waals surface area contributed by atoms with Crippen molar-refractivity contribution in [2.24, 2.45) is 5.73 Å². The van der Waals surface area contributed by atoms with Crippen LogP contribution in [0.1, 0.15) is 56.1 Å². The molecule has 0 aromatic heterocycles. The summed E-state index contributed by atoms with van der Waals surface area (Å²) in [7, 11) is 0. The average Bonchev–Trinajstić information content (AvgIpc) is 2.97. The average molecular weight is 339 g/mol. The normalized spacial score (nSPS) is 17.1. The zero-order chi connectivity index (χ0) is 15.8. The van der Waals surface area contributed by atoms with Gasteiger partial charge in [0.15, 0.2) is 0 Å². The van der Waals surface area contributed by atoms with Gasteiger partial charge in [0, 0.05) is 19.0 Å². The third-order valence-corrected chi connectivity index (χ3v) is 4.63. The number of hydrogen-bond donors (Lipinski definition) is 1. The molecule has 0 bridgehead atoms. The molecule has 1 aromatic rings. The Kier molecular flexibility index (Phi) is 9.27. The van der Waals surface area contributed by atoms with Crippen LogP contribution in [0.4, 0.5) is 0 Å². The summed E-state index contributed by atoms with van der Waals surface area (Å²) < 4.78 is 0. The van der Waals surface area contributed by atoms with Gasteiger partial charge < -0.3 is 10.6 Å². The number of nitrogens with zero attached hydrogens (tertiary/aromatic N) is 1. The van der Waals surface area contributed by atoms with Crippen molar-refractivity contribution in [3.8, 4) is 0 Å². The minimum Gasteiger partial charge on any atom is -0.339 e. The van der Waals surface area contributed by atoms with E-state index < -0.39 is 0 Å². The highest BCUT2D eigenvalue weighted by Gasteiger charge is 2.28. The van der Waals surface area contributed by atoms with Gasteiger partial charge in [0.1, 0.15) is 0 Å². The quantitative estimate of drug-likeness (QED) is 0.731. The molecule has 1 fully saturated rings. The van der Waals surface area contributed by atoms with Crippen LogP contribution in [0.15, 0.2) is 24.3 Å². The Labute approximate surface area is 147 Å². The van der Waals surface area contributed by atoms with Gasteiger partial charge in [0.2, 0.25) is 5.91 Å². The molecule has 23 heavy (non-hydrogen) atoms. The Bertz CT molecular complexity index is 461. The van der Waals surface area contributed by atoms with Crippen LogP contribution in [0.5, 0.6) is 0 Å². The lowest BCUT2D eigenvalue weighted by Gasteiger charge is -2.25. The summed E-state index contributed by atoms with van der Waals surface area (Å²) in [6, 6.07) is 9.12. The first-order valence-corrected chi connectivity index (χ1v) is 8.76. The second kappa shape index (κ2) is 10.7. The van der Waals surface area contributed by atoms with Crippen molar-refractivity contribution in [2.45, 2.75) is 64.3 Å². The van der Waals surface area contributed by atoms with Crippen molar-refractivity contribution >= 4 is 18.3 Å². The molecule has 0 saturated carbocycles. The van der Waals surface area contributed by atoms with Gasteiger partial charge in [-0.05, 0) is 51.1 Å². The maximum absolute atomic E-state index is 12.4. The molecular weight excluding hydrogens is 308 g/mol. The van der Waals surface area contributed by atoms with Crippen LogP contribution >= 0.6 is 12.4 Å². The van der Waals surface area contributed by atoms with Crippen molar-refractivity contribution in [2.75, 3.05) is 13.1 Å². The van der Waals surface area contributed by atoms with Crippen LogP contribution in [0.3, 0.4) is 0 Å². The van der Waals surface area contributed by atoms with E-state index in [0.717, 1.165) is 58.0 Å². The monoisotopic (exact) mass is 338 g/mol. The summed E-state index contributed by atoms with van der Waals surface area (Å²) in [5.74, 6) is 0.349. The molecule has 0 spiro atoms. The van der Waals surface area contributed by atoms with Gasteiger partial charge >= 0.3 is 0 Å². The number of hydrogen-bond acceptors (Lipinski definition) is 2. The highest BCUT2D eigenvalue weighted by molar-refractivity contribution is 5.85. The lowest BCUT2D eigenvalue weighted by molar-refractivity contribution is -0.132. The van der Waals surface area contributed by atoms with Crippen LogP contribution in [0.2, 0.25) is 0 Å². The third kappa shape index (κ3) is 6.52. The third-order valence-electron chi connectivity index (χ3n) is 4.63. The molecule has 1 aliphatic heterocycles. The fraction of sp³-hybridized carbons (Fsp3) is 0.632. The van der Waals surface area contributed by atoms with Crippen LogP contribution in [-0.2, 0) is 11.2 Å². The molecule has 3 nitrogen and oxygen atoms in total. The Balaban J connectivity index is 0.00000264. The van der Waals surface area contributed by atoms with E-state index >= 15 is 0 Å². The minimum atomic E-state index is 0. The Morgan fingerprint density at radius 1 is 1.17 bits per heavy atom. The zero-order valence-electron chi connectivity index (χ0n) is 14.3. The lowest BCUT2D eigenvalue weighted by Crippen LogP contribution is -2.36. The van der Waals surface area contributed by atoms with E-state index in [1.807, 2.05) is 0 Å². The van der Waals surface area contributed by atoms with Crippen molar-refractivity contribution in [1.82, 2.24) is 4.90 Å². The molecule has 1 aliphatic rings. The molecule has 1 unspecified atom stereocenters. The highest BCUT2D eigenvalue weighted by atomic mass is 35.5. The number of benzene rings is 1. The Morgan fingerprint density at radius 2 is 1.87 bits per heavy atom. The van der Waals surface area contributed by atoms with E-state index in [1.54, 1.807) is 0 Å². The van der Waals surface area contributed by atoms with E-state index in [4.69, 9.17) is 5.73 Å². The molecule has 0 radical (unpaired) electrons. The highest BCUT2D eigenvalue weighted by Crippen LogP contribution is 2.23. The molecule has 130 valence electrons. The number of rotatable bonds is 8. The van der Waals surface area contributed by atoms with E-state index in [-0.39, 0.29) is 12.4 Å². The number of carbonyl (C=O) groups excluding carboxylic acids is 1. The minimum absolute atomic E-state index is 0. The van der Waals surface area contributed by atoms with Crippen molar-refractivity contribution in [1.29, 1.82) is 0 Å². The van der Waals surface area contributed by atoms with Gasteiger partial charge in [-0.2, -0.15) is 0 Å². The Hall–Kier alpha value is -1.06. The van der Waals surface area contributed by atoms with E-state index in [1.165, 1.54) is 11.1 Å². The van der Waals surface area contributed by atoms with Crippen LogP contribution in [0, 0.1) is 6.92 Å². The van der Waals surface area contributed by atoms with Gasteiger partial charge in [0.05, 0.1) is 0 Å². The zero-order valence-corrected chi connectivity index (χ0v) is 15.1. The fourth-order valence-corrected chi connectivity index (χ4v) is 3.29. The Morgan fingerprint density at radius 3 is 2.57 bits per heavy atom. The standard InChI is InChI=1S/C19H30N2O.ClH/c1-16-9-11-17(12-10-16)15-18-7-6-14-21(18)19(22)8-4-2-3-5-13-20;/h9-12,18H,2-8,13-15,20H2,1H3;1H.